The zero-order valence-electron chi connectivity index (χ0n) is 18.2. The Bertz CT molecular complexity index is 905. The van der Waals surface area contributed by atoms with E-state index in [1.807, 2.05) is 42.6 Å². The Hall–Kier alpha value is -3.09. The van der Waals surface area contributed by atoms with Crippen LogP contribution in [0.15, 0.2) is 42.6 Å². The Morgan fingerprint density at radius 1 is 1.16 bits per heavy atom. The number of amides is 2. The number of pyridine rings is 1. The molecule has 2 saturated heterocycles. The van der Waals surface area contributed by atoms with Crippen LogP contribution in [0.3, 0.4) is 0 Å². The molecule has 2 aliphatic rings. The van der Waals surface area contributed by atoms with Crippen molar-refractivity contribution < 1.29 is 14.3 Å². The van der Waals surface area contributed by atoms with Crippen LogP contribution < -0.4 is 19.9 Å². The van der Waals surface area contributed by atoms with E-state index in [4.69, 9.17) is 4.74 Å². The number of carbonyl (C=O) groups is 2. The molecule has 0 aliphatic carbocycles. The van der Waals surface area contributed by atoms with Crippen molar-refractivity contribution in [3.8, 4) is 5.75 Å². The van der Waals surface area contributed by atoms with Crippen LogP contribution in [0.4, 0.5) is 11.5 Å². The van der Waals surface area contributed by atoms with E-state index in [0.717, 1.165) is 41.8 Å². The minimum Gasteiger partial charge on any atom is -0.497 e. The van der Waals surface area contributed by atoms with Crippen molar-refractivity contribution in [1.82, 2.24) is 10.3 Å². The molecule has 7 heteroatoms. The summed E-state index contributed by atoms with van der Waals surface area (Å²) < 4.78 is 5.16. The molecule has 2 amide bonds. The third-order valence-corrected chi connectivity index (χ3v) is 6.26. The highest BCUT2D eigenvalue weighted by Gasteiger charge is 2.35. The van der Waals surface area contributed by atoms with Gasteiger partial charge in [0.05, 0.1) is 13.0 Å². The van der Waals surface area contributed by atoms with Crippen LogP contribution in [0.5, 0.6) is 5.75 Å². The molecule has 31 heavy (non-hydrogen) atoms. The third kappa shape index (κ3) is 4.98. The van der Waals surface area contributed by atoms with Gasteiger partial charge in [0, 0.05) is 44.5 Å². The van der Waals surface area contributed by atoms with E-state index < -0.39 is 0 Å². The fraction of sp³-hybridized carbons (Fsp3) is 0.458. The summed E-state index contributed by atoms with van der Waals surface area (Å²) in [6.07, 6.45) is 4.46. The lowest BCUT2D eigenvalue weighted by atomic mass is 9.99. The van der Waals surface area contributed by atoms with Crippen molar-refractivity contribution in [3.05, 3.63) is 48.2 Å². The molecule has 0 radical (unpaired) electrons. The van der Waals surface area contributed by atoms with Crippen LogP contribution >= 0.6 is 0 Å². The van der Waals surface area contributed by atoms with Crippen LogP contribution in [0.2, 0.25) is 0 Å². The van der Waals surface area contributed by atoms with E-state index in [1.54, 1.807) is 12.0 Å². The van der Waals surface area contributed by atoms with E-state index in [2.05, 4.69) is 22.1 Å². The monoisotopic (exact) mass is 422 g/mol. The van der Waals surface area contributed by atoms with Crippen LogP contribution in [-0.2, 0) is 16.1 Å². The molecule has 7 nitrogen and oxygen atoms in total. The molecular weight excluding hydrogens is 392 g/mol. The average Bonchev–Trinajstić information content (AvgIpc) is 3.20. The van der Waals surface area contributed by atoms with Gasteiger partial charge in [0.25, 0.3) is 0 Å². The number of anilines is 2. The fourth-order valence-corrected chi connectivity index (χ4v) is 4.17. The Kier molecular flexibility index (Phi) is 6.39. The van der Waals surface area contributed by atoms with Crippen molar-refractivity contribution in [1.29, 1.82) is 0 Å². The number of methoxy groups -OCH3 is 1. The predicted molar refractivity (Wildman–Crippen MR) is 120 cm³/mol. The standard InChI is InChI=1S/C24H30N4O3/c1-17-9-11-27(12-10-17)22-8-3-18(14-25-22)15-26-24(30)19-13-23(29)28(16-19)20-4-6-21(31-2)7-5-20/h3-8,14,17,19H,9-13,15-16H2,1-2H3,(H,26,30). The Morgan fingerprint density at radius 3 is 2.55 bits per heavy atom. The summed E-state index contributed by atoms with van der Waals surface area (Å²) in [5.74, 6) is 2.04. The molecule has 4 rings (SSSR count). The van der Waals surface area contributed by atoms with Gasteiger partial charge < -0.3 is 19.9 Å². The first-order valence-corrected chi connectivity index (χ1v) is 11.0. The highest BCUT2D eigenvalue weighted by molar-refractivity contribution is 6.00. The van der Waals surface area contributed by atoms with Crippen molar-refractivity contribution >= 4 is 23.3 Å². The maximum absolute atomic E-state index is 12.6. The van der Waals surface area contributed by atoms with Gasteiger partial charge in [-0.1, -0.05) is 13.0 Å². The van der Waals surface area contributed by atoms with E-state index in [0.29, 0.717) is 13.1 Å². The molecule has 0 spiro atoms. The second-order valence-corrected chi connectivity index (χ2v) is 8.52. The largest absolute Gasteiger partial charge is 0.497 e. The predicted octanol–water partition coefficient (Wildman–Crippen LogP) is 3.00. The number of benzene rings is 1. The first-order valence-electron chi connectivity index (χ1n) is 11.0. The number of piperidine rings is 1. The molecule has 2 aliphatic heterocycles. The first kappa shape index (κ1) is 21.2. The van der Waals surface area contributed by atoms with Gasteiger partial charge in [-0.3, -0.25) is 9.59 Å². The highest BCUT2D eigenvalue weighted by atomic mass is 16.5. The number of aromatic nitrogens is 1. The minimum atomic E-state index is -0.350. The fourth-order valence-electron chi connectivity index (χ4n) is 4.17. The van der Waals surface area contributed by atoms with E-state index >= 15 is 0 Å². The zero-order valence-corrected chi connectivity index (χ0v) is 18.2. The molecule has 2 aromatic rings. The van der Waals surface area contributed by atoms with Crippen LogP contribution in [0, 0.1) is 11.8 Å². The summed E-state index contributed by atoms with van der Waals surface area (Å²) in [6.45, 7) is 5.19. The molecule has 1 aromatic carbocycles. The number of rotatable bonds is 6. The van der Waals surface area contributed by atoms with Gasteiger partial charge in [0.2, 0.25) is 11.8 Å². The normalized spacial score (nSPS) is 19.5. The third-order valence-electron chi connectivity index (χ3n) is 6.26. The number of nitrogens with one attached hydrogen (secondary N) is 1. The van der Waals surface area contributed by atoms with Gasteiger partial charge in [-0.05, 0) is 54.7 Å². The number of carbonyl (C=O) groups excluding carboxylic acids is 2. The van der Waals surface area contributed by atoms with Gasteiger partial charge in [-0.15, -0.1) is 0 Å². The average molecular weight is 423 g/mol. The Morgan fingerprint density at radius 2 is 1.90 bits per heavy atom. The van der Waals surface area contributed by atoms with E-state index in [1.165, 1.54) is 12.8 Å². The number of hydrogen-bond donors (Lipinski definition) is 1. The molecule has 1 unspecified atom stereocenters. The summed E-state index contributed by atoms with van der Waals surface area (Å²) in [7, 11) is 1.60. The van der Waals surface area contributed by atoms with Gasteiger partial charge in [0.15, 0.2) is 0 Å². The van der Waals surface area contributed by atoms with Crippen molar-refractivity contribution in [3.63, 3.8) is 0 Å². The Balaban J connectivity index is 1.29. The Labute approximate surface area is 183 Å². The van der Waals surface area contributed by atoms with E-state index in [9.17, 15) is 9.59 Å². The molecule has 1 N–H and O–H groups in total. The van der Waals surface area contributed by atoms with E-state index in [-0.39, 0.29) is 24.2 Å². The van der Waals surface area contributed by atoms with Crippen LogP contribution in [-0.4, -0.2) is 43.5 Å². The summed E-state index contributed by atoms with van der Waals surface area (Å²) in [5, 5.41) is 2.97. The molecule has 0 bridgehead atoms. The summed E-state index contributed by atoms with van der Waals surface area (Å²) in [4.78, 5) is 33.6. The van der Waals surface area contributed by atoms with Crippen LogP contribution in [0.25, 0.3) is 0 Å². The lowest BCUT2D eigenvalue weighted by Crippen LogP contribution is -2.33. The summed E-state index contributed by atoms with van der Waals surface area (Å²) in [6, 6.07) is 11.4. The quantitative estimate of drug-likeness (QED) is 0.775. The topological polar surface area (TPSA) is 74.8 Å². The first-order chi connectivity index (χ1) is 15.0. The van der Waals surface area contributed by atoms with Gasteiger partial charge >= 0.3 is 0 Å². The lowest BCUT2D eigenvalue weighted by Gasteiger charge is -2.31. The maximum atomic E-state index is 12.6. The number of ether oxygens (including phenoxy) is 1. The number of hydrogen-bond acceptors (Lipinski definition) is 5. The van der Waals surface area contributed by atoms with Crippen molar-refractivity contribution in [2.75, 3.05) is 36.5 Å². The van der Waals surface area contributed by atoms with Gasteiger partial charge in [-0.25, -0.2) is 4.98 Å². The molecule has 1 atom stereocenters. The van der Waals surface area contributed by atoms with Gasteiger partial charge in [-0.2, -0.15) is 0 Å². The molecule has 0 saturated carbocycles. The SMILES string of the molecule is COc1ccc(N2CC(C(=O)NCc3ccc(N4CCC(C)CC4)nc3)CC2=O)cc1. The number of nitrogens with zero attached hydrogens (tertiary/aromatic N) is 3. The molecule has 2 fully saturated rings. The lowest BCUT2D eigenvalue weighted by molar-refractivity contribution is -0.126. The zero-order chi connectivity index (χ0) is 21.8. The summed E-state index contributed by atoms with van der Waals surface area (Å²) >= 11 is 0. The molecule has 3 heterocycles. The highest BCUT2D eigenvalue weighted by Crippen LogP contribution is 2.27. The van der Waals surface area contributed by atoms with Crippen LogP contribution in [0.1, 0.15) is 31.7 Å². The molecular formula is C24H30N4O3. The van der Waals surface area contributed by atoms with Gasteiger partial charge in [0.1, 0.15) is 11.6 Å². The minimum absolute atomic E-state index is 0.0350. The molecule has 1 aromatic heterocycles. The maximum Gasteiger partial charge on any atom is 0.227 e. The second kappa shape index (κ2) is 9.37. The molecule has 164 valence electrons. The van der Waals surface area contributed by atoms with Crippen molar-refractivity contribution in [2.24, 2.45) is 11.8 Å². The van der Waals surface area contributed by atoms with Crippen molar-refractivity contribution in [2.45, 2.75) is 32.7 Å². The summed E-state index contributed by atoms with van der Waals surface area (Å²) in [5.41, 5.74) is 1.74. The smallest absolute Gasteiger partial charge is 0.227 e. The second-order valence-electron chi connectivity index (χ2n) is 8.52.